The minimum absolute atomic E-state index is 0.133. The van der Waals surface area contributed by atoms with Crippen LogP contribution in [0.1, 0.15) is 25.5 Å². The number of hydrogen-bond donors (Lipinski definition) is 1. The Balaban J connectivity index is 2.41. The summed E-state index contributed by atoms with van der Waals surface area (Å²) in [5.74, 6) is 0.133. The van der Waals surface area contributed by atoms with Crippen molar-refractivity contribution in [1.82, 2.24) is 9.78 Å². The van der Waals surface area contributed by atoms with Crippen LogP contribution in [0.4, 0.5) is 0 Å². The molecule has 1 aromatic heterocycles. The van der Waals surface area contributed by atoms with Crippen molar-refractivity contribution < 1.29 is 4.79 Å². The highest BCUT2D eigenvalue weighted by atomic mass is 16.1. The van der Waals surface area contributed by atoms with Gasteiger partial charge in [-0.1, -0.05) is 6.92 Å². The van der Waals surface area contributed by atoms with Crippen molar-refractivity contribution in [1.29, 1.82) is 0 Å². The molecule has 0 radical (unpaired) electrons. The van der Waals surface area contributed by atoms with E-state index in [-0.39, 0.29) is 11.8 Å². The van der Waals surface area contributed by atoms with Gasteiger partial charge in [0.05, 0.1) is 6.04 Å². The third kappa shape index (κ3) is 2.67. The molecular formula is C10H17N3O. The molecule has 2 N–H and O–H groups in total. The number of aryl methyl sites for hydroxylation is 2. The molecule has 1 rings (SSSR count). The summed E-state index contributed by atoms with van der Waals surface area (Å²) >= 11 is 0. The summed E-state index contributed by atoms with van der Waals surface area (Å²) in [6, 6.07) is 1.62. The molecule has 78 valence electrons. The van der Waals surface area contributed by atoms with Gasteiger partial charge in [0.2, 0.25) is 0 Å². The summed E-state index contributed by atoms with van der Waals surface area (Å²) in [4.78, 5) is 11.4. The van der Waals surface area contributed by atoms with Crippen LogP contribution in [-0.4, -0.2) is 21.6 Å². The highest BCUT2D eigenvalue weighted by molar-refractivity contribution is 5.83. The van der Waals surface area contributed by atoms with Crippen LogP contribution >= 0.6 is 0 Å². The molecule has 14 heavy (non-hydrogen) atoms. The second-order valence-electron chi connectivity index (χ2n) is 3.43. The molecule has 0 aromatic carbocycles. The van der Waals surface area contributed by atoms with Gasteiger partial charge in [-0.05, 0) is 18.9 Å². The Kier molecular flexibility index (Phi) is 3.83. The molecule has 1 atom stereocenters. The SMILES string of the molecule is CCC(N)C(=O)CCc1ccnn1C. The molecule has 1 unspecified atom stereocenters. The fourth-order valence-corrected chi connectivity index (χ4v) is 1.31. The van der Waals surface area contributed by atoms with Gasteiger partial charge in [0.25, 0.3) is 0 Å². The first-order valence-corrected chi connectivity index (χ1v) is 4.90. The van der Waals surface area contributed by atoms with E-state index in [4.69, 9.17) is 5.73 Å². The molecule has 0 bridgehead atoms. The molecule has 0 aliphatic rings. The third-order valence-electron chi connectivity index (χ3n) is 2.40. The molecule has 4 heteroatoms. The van der Waals surface area contributed by atoms with Gasteiger partial charge in [-0.2, -0.15) is 5.10 Å². The van der Waals surface area contributed by atoms with Crippen molar-refractivity contribution in [3.8, 4) is 0 Å². The molecule has 0 aliphatic heterocycles. The van der Waals surface area contributed by atoms with Crippen molar-refractivity contribution >= 4 is 5.78 Å². The normalized spacial score (nSPS) is 12.8. The van der Waals surface area contributed by atoms with E-state index in [1.54, 1.807) is 10.9 Å². The van der Waals surface area contributed by atoms with Crippen LogP contribution < -0.4 is 5.73 Å². The smallest absolute Gasteiger partial charge is 0.149 e. The number of ketones is 1. The first kappa shape index (κ1) is 10.9. The summed E-state index contributed by atoms with van der Waals surface area (Å²) in [7, 11) is 1.87. The van der Waals surface area contributed by atoms with Crippen molar-refractivity contribution in [3.05, 3.63) is 18.0 Å². The Morgan fingerprint density at radius 1 is 1.71 bits per heavy atom. The van der Waals surface area contributed by atoms with E-state index in [0.717, 1.165) is 12.1 Å². The lowest BCUT2D eigenvalue weighted by Gasteiger charge is -2.07. The monoisotopic (exact) mass is 195 g/mol. The lowest BCUT2D eigenvalue weighted by Crippen LogP contribution is -2.29. The number of carbonyl (C=O) groups is 1. The minimum atomic E-state index is -0.303. The second-order valence-corrected chi connectivity index (χ2v) is 3.43. The summed E-state index contributed by atoms with van der Waals surface area (Å²) in [5, 5.41) is 4.03. The topological polar surface area (TPSA) is 60.9 Å². The maximum atomic E-state index is 11.4. The molecular weight excluding hydrogens is 178 g/mol. The van der Waals surface area contributed by atoms with Crippen LogP contribution in [-0.2, 0) is 18.3 Å². The first-order valence-electron chi connectivity index (χ1n) is 4.90. The highest BCUT2D eigenvalue weighted by Gasteiger charge is 2.11. The Hall–Kier alpha value is -1.16. The number of rotatable bonds is 5. The average molecular weight is 195 g/mol. The van der Waals surface area contributed by atoms with Crippen molar-refractivity contribution in [2.45, 2.75) is 32.2 Å². The lowest BCUT2D eigenvalue weighted by molar-refractivity contribution is -0.120. The van der Waals surface area contributed by atoms with Crippen LogP contribution in [0.5, 0.6) is 0 Å². The molecule has 0 fully saturated rings. The van der Waals surface area contributed by atoms with Gasteiger partial charge < -0.3 is 5.73 Å². The van der Waals surface area contributed by atoms with Crippen LogP contribution in [0.25, 0.3) is 0 Å². The number of nitrogens with two attached hydrogens (primary N) is 1. The molecule has 1 aromatic rings. The van der Waals surface area contributed by atoms with E-state index in [1.165, 1.54) is 0 Å². The van der Waals surface area contributed by atoms with Crippen molar-refractivity contribution in [2.24, 2.45) is 12.8 Å². The van der Waals surface area contributed by atoms with Gasteiger partial charge in [0.15, 0.2) is 0 Å². The molecule has 1 heterocycles. The van der Waals surface area contributed by atoms with Crippen LogP contribution in [0.15, 0.2) is 12.3 Å². The Morgan fingerprint density at radius 3 is 2.93 bits per heavy atom. The van der Waals surface area contributed by atoms with Crippen LogP contribution in [0.2, 0.25) is 0 Å². The molecule has 0 saturated heterocycles. The molecule has 0 saturated carbocycles. The van der Waals surface area contributed by atoms with Crippen molar-refractivity contribution in [3.63, 3.8) is 0 Å². The van der Waals surface area contributed by atoms with Gasteiger partial charge in [0, 0.05) is 25.4 Å². The number of nitrogens with zero attached hydrogens (tertiary/aromatic N) is 2. The molecule has 0 aliphatic carbocycles. The largest absolute Gasteiger partial charge is 0.322 e. The van der Waals surface area contributed by atoms with E-state index >= 15 is 0 Å². The lowest BCUT2D eigenvalue weighted by atomic mass is 10.1. The Morgan fingerprint density at radius 2 is 2.43 bits per heavy atom. The first-order chi connectivity index (χ1) is 6.65. The standard InChI is InChI=1S/C10H17N3O/c1-3-9(11)10(14)5-4-8-6-7-12-13(8)2/h6-7,9H,3-5,11H2,1-2H3. The van der Waals surface area contributed by atoms with Gasteiger partial charge in [-0.15, -0.1) is 0 Å². The average Bonchev–Trinajstić information content (AvgIpc) is 2.59. The quantitative estimate of drug-likeness (QED) is 0.750. The van der Waals surface area contributed by atoms with E-state index in [2.05, 4.69) is 5.10 Å². The van der Waals surface area contributed by atoms with Crippen molar-refractivity contribution in [2.75, 3.05) is 0 Å². The predicted molar refractivity (Wildman–Crippen MR) is 54.8 cm³/mol. The highest BCUT2D eigenvalue weighted by Crippen LogP contribution is 2.03. The maximum Gasteiger partial charge on any atom is 0.149 e. The summed E-state index contributed by atoms with van der Waals surface area (Å²) in [6.45, 7) is 1.92. The predicted octanol–water partition coefficient (Wildman–Crippen LogP) is 0.659. The zero-order chi connectivity index (χ0) is 10.6. The molecule has 4 nitrogen and oxygen atoms in total. The number of carbonyl (C=O) groups excluding carboxylic acids is 1. The van der Waals surface area contributed by atoms with E-state index in [0.29, 0.717) is 12.8 Å². The zero-order valence-electron chi connectivity index (χ0n) is 8.73. The third-order valence-corrected chi connectivity index (χ3v) is 2.40. The van der Waals surface area contributed by atoms with Gasteiger partial charge >= 0.3 is 0 Å². The maximum absolute atomic E-state index is 11.4. The van der Waals surface area contributed by atoms with Crippen LogP contribution in [0.3, 0.4) is 0 Å². The van der Waals surface area contributed by atoms with Gasteiger partial charge in [-0.25, -0.2) is 0 Å². The summed E-state index contributed by atoms with van der Waals surface area (Å²) in [6.07, 6.45) is 3.68. The molecule has 0 spiro atoms. The minimum Gasteiger partial charge on any atom is -0.322 e. The summed E-state index contributed by atoms with van der Waals surface area (Å²) in [5.41, 5.74) is 6.69. The fourth-order valence-electron chi connectivity index (χ4n) is 1.31. The van der Waals surface area contributed by atoms with E-state index < -0.39 is 0 Å². The van der Waals surface area contributed by atoms with E-state index in [1.807, 2.05) is 20.0 Å². The number of aromatic nitrogens is 2. The van der Waals surface area contributed by atoms with Gasteiger partial charge in [-0.3, -0.25) is 9.48 Å². The summed E-state index contributed by atoms with van der Waals surface area (Å²) < 4.78 is 1.78. The number of Topliss-reactive ketones (excluding diaryl/α,β-unsaturated/α-hetero) is 1. The Bertz CT molecular complexity index is 306. The molecule has 0 amide bonds. The van der Waals surface area contributed by atoms with Gasteiger partial charge in [0.1, 0.15) is 5.78 Å². The second kappa shape index (κ2) is 4.91. The fraction of sp³-hybridized carbons (Fsp3) is 0.600. The number of hydrogen-bond acceptors (Lipinski definition) is 3. The zero-order valence-corrected chi connectivity index (χ0v) is 8.73. The Labute approximate surface area is 84.1 Å². The van der Waals surface area contributed by atoms with Crippen LogP contribution in [0, 0.1) is 0 Å². The van der Waals surface area contributed by atoms with E-state index in [9.17, 15) is 4.79 Å².